The van der Waals surface area contributed by atoms with Gasteiger partial charge in [-0.05, 0) is 42.7 Å². The van der Waals surface area contributed by atoms with Gasteiger partial charge in [-0.3, -0.25) is 15.5 Å². The summed E-state index contributed by atoms with van der Waals surface area (Å²) in [7, 11) is 0. The predicted molar refractivity (Wildman–Crippen MR) is 82.8 cm³/mol. The molecule has 1 unspecified atom stereocenters. The average Bonchev–Trinajstić information content (AvgIpc) is 2.97. The van der Waals surface area contributed by atoms with Crippen molar-refractivity contribution in [2.75, 3.05) is 12.0 Å². The summed E-state index contributed by atoms with van der Waals surface area (Å²) in [6.07, 6.45) is 3.72. The quantitative estimate of drug-likeness (QED) is 0.611. The van der Waals surface area contributed by atoms with Gasteiger partial charge in [0.25, 0.3) is 5.69 Å². The van der Waals surface area contributed by atoms with E-state index in [0.717, 1.165) is 18.9 Å². The highest BCUT2D eigenvalue weighted by Gasteiger charge is 2.24. The van der Waals surface area contributed by atoms with Gasteiger partial charge in [-0.15, -0.1) is 9.89 Å². The van der Waals surface area contributed by atoms with Crippen molar-refractivity contribution in [2.45, 2.75) is 38.8 Å². The van der Waals surface area contributed by atoms with Gasteiger partial charge in [0.1, 0.15) is 6.54 Å². The molecule has 0 amide bonds. The number of hydrogen-bond acceptors (Lipinski definition) is 6. The molecule has 3 rings (SSSR count). The van der Waals surface area contributed by atoms with Crippen molar-refractivity contribution < 1.29 is 9.82 Å². The smallest absolute Gasteiger partial charge is 0.271 e. The van der Waals surface area contributed by atoms with Crippen LogP contribution in [0.3, 0.4) is 0 Å². The molecule has 9 heteroatoms. The number of nitrogens with zero attached hydrogens (tertiary/aromatic N) is 5. The molecule has 0 radical (unpaired) electrons. The Kier molecular flexibility index (Phi) is 4.47. The first kappa shape index (κ1) is 15.3. The van der Waals surface area contributed by atoms with Gasteiger partial charge in [-0.2, -0.15) is 0 Å². The summed E-state index contributed by atoms with van der Waals surface area (Å²) < 4.78 is 0. The first-order valence-corrected chi connectivity index (χ1v) is 7.77. The second-order valence-electron chi connectivity index (χ2n) is 5.91. The fourth-order valence-electron chi connectivity index (χ4n) is 2.93. The van der Waals surface area contributed by atoms with E-state index in [4.69, 9.17) is 0 Å². The SMILES string of the molecule is C[C@@H]1CCCC[NH+]1Cc1nnnn1Nc1cccc([N+](=O)[O-])c1. The number of tetrazole rings is 1. The lowest BCUT2D eigenvalue weighted by molar-refractivity contribution is -0.942. The lowest BCUT2D eigenvalue weighted by Crippen LogP contribution is -3.15. The minimum Gasteiger partial charge on any atom is -0.326 e. The molecular formula is C14H20N7O2+. The summed E-state index contributed by atoms with van der Waals surface area (Å²) in [6, 6.07) is 6.87. The predicted octanol–water partition coefficient (Wildman–Crippen LogP) is 0.414. The standard InChI is InChI=1S/C14H19N7O2/c1-11-5-2-3-8-19(11)10-14-15-17-18-20(14)16-12-6-4-7-13(9-12)21(22)23/h4,6-7,9,11,16H,2-3,5,8,10H2,1H3/p+1/t11-/m1/s1. The van der Waals surface area contributed by atoms with Crippen LogP contribution in [0, 0.1) is 10.1 Å². The maximum atomic E-state index is 10.8. The average molecular weight is 318 g/mol. The second kappa shape index (κ2) is 6.69. The molecule has 1 saturated heterocycles. The van der Waals surface area contributed by atoms with Gasteiger partial charge in [-0.25, -0.2) is 0 Å². The Morgan fingerprint density at radius 3 is 3.13 bits per heavy atom. The van der Waals surface area contributed by atoms with Crippen LogP contribution < -0.4 is 10.3 Å². The Balaban J connectivity index is 1.73. The summed E-state index contributed by atoms with van der Waals surface area (Å²) in [6.45, 7) is 4.09. The number of rotatable bonds is 5. The van der Waals surface area contributed by atoms with Crippen LogP contribution in [0.15, 0.2) is 24.3 Å². The Hall–Kier alpha value is -2.55. The molecule has 1 aromatic heterocycles. The zero-order valence-electron chi connectivity index (χ0n) is 13.0. The summed E-state index contributed by atoms with van der Waals surface area (Å²) in [5.41, 5.74) is 3.62. The van der Waals surface area contributed by atoms with Gasteiger partial charge in [-0.1, -0.05) is 6.07 Å². The molecule has 1 aliphatic rings. The van der Waals surface area contributed by atoms with Crippen molar-refractivity contribution >= 4 is 11.4 Å². The van der Waals surface area contributed by atoms with E-state index in [2.05, 4.69) is 27.9 Å². The van der Waals surface area contributed by atoms with E-state index in [-0.39, 0.29) is 5.69 Å². The molecule has 2 aromatic rings. The molecule has 23 heavy (non-hydrogen) atoms. The molecule has 1 aromatic carbocycles. The van der Waals surface area contributed by atoms with Crippen molar-refractivity contribution in [3.63, 3.8) is 0 Å². The van der Waals surface area contributed by atoms with E-state index in [1.165, 1.54) is 41.1 Å². The fraction of sp³-hybridized carbons (Fsp3) is 0.500. The number of benzene rings is 1. The monoisotopic (exact) mass is 318 g/mol. The number of non-ortho nitro benzene ring substituents is 1. The van der Waals surface area contributed by atoms with Gasteiger partial charge < -0.3 is 4.90 Å². The van der Waals surface area contributed by atoms with Gasteiger partial charge in [0.2, 0.25) is 5.82 Å². The highest BCUT2D eigenvalue weighted by molar-refractivity contribution is 5.50. The Labute approximate surface area is 133 Å². The van der Waals surface area contributed by atoms with Gasteiger partial charge in [0, 0.05) is 12.1 Å². The third-order valence-corrected chi connectivity index (χ3v) is 4.29. The Morgan fingerprint density at radius 2 is 2.35 bits per heavy atom. The topological polar surface area (TPSA) is 103 Å². The molecule has 0 spiro atoms. The minimum absolute atomic E-state index is 0.0277. The van der Waals surface area contributed by atoms with Crippen molar-refractivity contribution in [3.05, 3.63) is 40.2 Å². The van der Waals surface area contributed by atoms with Gasteiger partial charge in [0.15, 0.2) is 0 Å². The van der Waals surface area contributed by atoms with Crippen LogP contribution >= 0.6 is 0 Å². The molecule has 0 aliphatic carbocycles. The zero-order chi connectivity index (χ0) is 16.2. The number of quaternary nitrogens is 1. The summed E-state index contributed by atoms with van der Waals surface area (Å²) >= 11 is 0. The molecule has 2 atom stereocenters. The highest BCUT2D eigenvalue weighted by Crippen LogP contribution is 2.17. The number of anilines is 1. The van der Waals surface area contributed by atoms with E-state index in [1.54, 1.807) is 12.1 Å². The summed E-state index contributed by atoms with van der Waals surface area (Å²) in [5, 5.41) is 22.6. The van der Waals surface area contributed by atoms with Gasteiger partial charge in [0.05, 0.1) is 23.2 Å². The van der Waals surface area contributed by atoms with Crippen molar-refractivity contribution in [3.8, 4) is 0 Å². The maximum Gasteiger partial charge on any atom is 0.271 e. The second-order valence-corrected chi connectivity index (χ2v) is 5.91. The van der Waals surface area contributed by atoms with Crippen LogP contribution in [-0.2, 0) is 6.54 Å². The highest BCUT2D eigenvalue weighted by atomic mass is 16.6. The summed E-state index contributed by atoms with van der Waals surface area (Å²) in [5.74, 6) is 0.722. The van der Waals surface area contributed by atoms with Crippen LogP contribution in [0.1, 0.15) is 32.0 Å². The normalized spacial score (nSPS) is 21.1. The van der Waals surface area contributed by atoms with Crippen molar-refractivity contribution in [2.24, 2.45) is 0 Å². The third-order valence-electron chi connectivity index (χ3n) is 4.29. The minimum atomic E-state index is -0.425. The lowest BCUT2D eigenvalue weighted by Gasteiger charge is -2.29. The molecule has 2 heterocycles. The number of piperidine rings is 1. The molecule has 122 valence electrons. The Morgan fingerprint density at radius 1 is 1.48 bits per heavy atom. The maximum absolute atomic E-state index is 10.8. The molecule has 0 saturated carbocycles. The van der Waals surface area contributed by atoms with Crippen LogP contribution in [0.5, 0.6) is 0 Å². The number of hydrogen-bond donors (Lipinski definition) is 2. The van der Waals surface area contributed by atoms with E-state index in [9.17, 15) is 10.1 Å². The van der Waals surface area contributed by atoms with Crippen molar-refractivity contribution in [1.82, 2.24) is 20.3 Å². The molecule has 9 nitrogen and oxygen atoms in total. The van der Waals surface area contributed by atoms with E-state index < -0.39 is 4.92 Å². The fourth-order valence-corrected chi connectivity index (χ4v) is 2.93. The van der Waals surface area contributed by atoms with E-state index >= 15 is 0 Å². The van der Waals surface area contributed by atoms with Crippen molar-refractivity contribution in [1.29, 1.82) is 0 Å². The number of aromatic nitrogens is 4. The van der Waals surface area contributed by atoms with E-state index in [1.807, 2.05) is 0 Å². The zero-order valence-corrected chi connectivity index (χ0v) is 13.0. The lowest BCUT2D eigenvalue weighted by atomic mass is 10.0. The first-order valence-electron chi connectivity index (χ1n) is 7.77. The molecule has 0 bridgehead atoms. The largest absolute Gasteiger partial charge is 0.326 e. The molecule has 1 fully saturated rings. The third kappa shape index (κ3) is 3.62. The first-order chi connectivity index (χ1) is 11.1. The van der Waals surface area contributed by atoms with Crippen LogP contribution in [0.2, 0.25) is 0 Å². The number of likely N-dealkylation sites (tertiary alicyclic amines) is 1. The molecule has 1 aliphatic heterocycles. The molecule has 2 N–H and O–H groups in total. The van der Waals surface area contributed by atoms with Crippen LogP contribution in [0.4, 0.5) is 11.4 Å². The van der Waals surface area contributed by atoms with Gasteiger partial charge >= 0.3 is 0 Å². The van der Waals surface area contributed by atoms with E-state index in [0.29, 0.717) is 11.7 Å². The number of nitro groups is 1. The molecular weight excluding hydrogens is 298 g/mol. The number of nitro benzene ring substituents is 1. The summed E-state index contributed by atoms with van der Waals surface area (Å²) in [4.78, 5) is 13.4. The number of nitrogens with one attached hydrogen (secondary N) is 2. The van der Waals surface area contributed by atoms with Crippen LogP contribution in [0.25, 0.3) is 0 Å². The van der Waals surface area contributed by atoms with Crippen LogP contribution in [-0.4, -0.2) is 37.8 Å². The Bertz CT molecular complexity index is 687.